The normalized spacial score (nSPS) is 21.1. The van der Waals surface area contributed by atoms with E-state index in [-0.39, 0.29) is 12.0 Å². The Balaban J connectivity index is 2.01. The number of morpholine rings is 1. The van der Waals surface area contributed by atoms with Gasteiger partial charge in [0.1, 0.15) is 17.3 Å². The largest absolute Gasteiger partial charge is 0.463 e. The molecule has 0 aliphatic carbocycles. The number of ether oxygens (including phenoxy) is 1. The lowest BCUT2D eigenvalue weighted by atomic mass is 10.1. The number of hydrogen-bond donors (Lipinski definition) is 1. The van der Waals surface area contributed by atoms with Gasteiger partial charge in [0.15, 0.2) is 0 Å². The van der Waals surface area contributed by atoms with Gasteiger partial charge in [-0.25, -0.2) is 4.98 Å². The first-order valence-electron chi connectivity index (χ1n) is 4.76. The van der Waals surface area contributed by atoms with E-state index in [1.165, 1.54) is 0 Å². The summed E-state index contributed by atoms with van der Waals surface area (Å²) in [5.41, 5.74) is 1.02. The Morgan fingerprint density at radius 3 is 3.13 bits per heavy atom. The van der Waals surface area contributed by atoms with Crippen LogP contribution in [0.5, 0.6) is 0 Å². The Morgan fingerprint density at radius 2 is 2.47 bits per heavy atom. The van der Waals surface area contributed by atoms with Crippen LogP contribution in [0.3, 0.4) is 0 Å². The van der Waals surface area contributed by atoms with Gasteiger partial charge in [0, 0.05) is 12.7 Å². The lowest BCUT2D eigenvalue weighted by Gasteiger charge is -2.22. The molecule has 1 aliphatic heterocycles. The molecule has 1 aromatic rings. The number of hydrogen-bond acceptors (Lipinski definition) is 4. The van der Waals surface area contributed by atoms with Crippen molar-refractivity contribution in [3.05, 3.63) is 28.5 Å². The van der Waals surface area contributed by atoms with Crippen molar-refractivity contribution >= 4 is 21.9 Å². The molecule has 80 valence electrons. The van der Waals surface area contributed by atoms with Crippen molar-refractivity contribution in [2.24, 2.45) is 0 Å². The molecule has 0 aromatic carbocycles. The molecule has 2 rings (SSSR count). The van der Waals surface area contributed by atoms with Gasteiger partial charge in [0.25, 0.3) is 0 Å². The molecule has 1 unspecified atom stereocenters. The molecule has 0 spiro atoms. The van der Waals surface area contributed by atoms with E-state index >= 15 is 0 Å². The summed E-state index contributed by atoms with van der Waals surface area (Å²) in [7, 11) is 0. The second-order valence-electron chi connectivity index (χ2n) is 3.37. The van der Waals surface area contributed by atoms with E-state index < -0.39 is 0 Å². The predicted molar refractivity (Wildman–Crippen MR) is 58.4 cm³/mol. The number of cyclic esters (lactones) is 1. The third-order valence-corrected chi connectivity index (χ3v) is 2.72. The van der Waals surface area contributed by atoms with E-state index in [1.54, 1.807) is 6.20 Å². The topological polar surface area (TPSA) is 51.2 Å². The van der Waals surface area contributed by atoms with Gasteiger partial charge in [-0.3, -0.25) is 4.79 Å². The van der Waals surface area contributed by atoms with E-state index in [1.807, 2.05) is 12.1 Å². The number of nitrogens with zero attached hydrogens (tertiary/aromatic N) is 1. The van der Waals surface area contributed by atoms with Gasteiger partial charge in [-0.05, 0) is 34.0 Å². The van der Waals surface area contributed by atoms with E-state index in [0.717, 1.165) is 16.7 Å². The molecule has 1 aliphatic rings. The van der Waals surface area contributed by atoms with Gasteiger partial charge < -0.3 is 10.1 Å². The number of rotatable bonds is 2. The summed E-state index contributed by atoms with van der Waals surface area (Å²) < 4.78 is 5.75. The zero-order valence-electron chi connectivity index (χ0n) is 8.07. The SMILES string of the molecule is O=C1OCCNC1Cc1ccc(Br)nc1. The summed E-state index contributed by atoms with van der Waals surface area (Å²) in [6.45, 7) is 1.19. The standard InChI is InChI=1S/C10H11BrN2O2/c11-9-2-1-7(6-13-9)5-8-10(14)15-4-3-12-8/h1-2,6,8,12H,3-5H2. The van der Waals surface area contributed by atoms with Crippen LogP contribution in [0.1, 0.15) is 5.56 Å². The number of carbonyl (C=O) groups is 1. The first kappa shape index (κ1) is 10.6. The third kappa shape index (κ3) is 2.76. The van der Waals surface area contributed by atoms with Gasteiger partial charge in [-0.1, -0.05) is 6.07 Å². The molecule has 15 heavy (non-hydrogen) atoms. The summed E-state index contributed by atoms with van der Waals surface area (Å²) >= 11 is 3.26. The van der Waals surface area contributed by atoms with Crippen molar-refractivity contribution < 1.29 is 9.53 Å². The maximum absolute atomic E-state index is 11.4. The van der Waals surface area contributed by atoms with Crippen LogP contribution >= 0.6 is 15.9 Å². The minimum Gasteiger partial charge on any atom is -0.463 e. The number of pyridine rings is 1. The molecule has 4 nitrogen and oxygen atoms in total. The second-order valence-corrected chi connectivity index (χ2v) is 4.18. The zero-order valence-corrected chi connectivity index (χ0v) is 9.66. The van der Waals surface area contributed by atoms with Crippen molar-refractivity contribution in [2.45, 2.75) is 12.5 Å². The van der Waals surface area contributed by atoms with Gasteiger partial charge >= 0.3 is 5.97 Å². The summed E-state index contributed by atoms with van der Waals surface area (Å²) in [4.78, 5) is 15.5. The minimum absolute atomic E-state index is 0.177. The van der Waals surface area contributed by atoms with Crippen molar-refractivity contribution in [1.82, 2.24) is 10.3 Å². The Hall–Kier alpha value is -0.940. The summed E-state index contributed by atoms with van der Waals surface area (Å²) in [5, 5.41) is 3.12. The fourth-order valence-corrected chi connectivity index (χ4v) is 1.72. The van der Waals surface area contributed by atoms with E-state index in [4.69, 9.17) is 4.74 Å². The zero-order chi connectivity index (χ0) is 10.7. The third-order valence-electron chi connectivity index (χ3n) is 2.25. The second kappa shape index (κ2) is 4.72. The van der Waals surface area contributed by atoms with Crippen LogP contribution in [0, 0.1) is 0 Å². The molecule has 1 fully saturated rings. The summed E-state index contributed by atoms with van der Waals surface area (Å²) in [6, 6.07) is 3.58. The minimum atomic E-state index is -0.235. The fourth-order valence-electron chi connectivity index (χ4n) is 1.49. The van der Waals surface area contributed by atoms with E-state index in [0.29, 0.717) is 13.0 Å². The van der Waals surface area contributed by atoms with E-state index in [2.05, 4.69) is 26.2 Å². The Labute approximate surface area is 96.2 Å². The molecule has 1 aromatic heterocycles. The quantitative estimate of drug-likeness (QED) is 0.641. The number of carbonyl (C=O) groups excluding carboxylic acids is 1. The molecule has 0 bridgehead atoms. The average molecular weight is 271 g/mol. The highest BCUT2D eigenvalue weighted by atomic mass is 79.9. The molecule has 1 saturated heterocycles. The maximum Gasteiger partial charge on any atom is 0.323 e. The predicted octanol–water partition coefficient (Wildman–Crippen LogP) is 0.902. The van der Waals surface area contributed by atoms with Crippen LogP contribution in [0.4, 0.5) is 0 Å². The van der Waals surface area contributed by atoms with E-state index in [9.17, 15) is 4.79 Å². The number of halogens is 1. The maximum atomic E-state index is 11.4. The van der Waals surface area contributed by atoms with Crippen molar-refractivity contribution in [3.8, 4) is 0 Å². The first-order valence-corrected chi connectivity index (χ1v) is 5.55. The van der Waals surface area contributed by atoms with Crippen LogP contribution < -0.4 is 5.32 Å². The highest BCUT2D eigenvalue weighted by molar-refractivity contribution is 9.10. The van der Waals surface area contributed by atoms with Gasteiger partial charge in [-0.15, -0.1) is 0 Å². The Kier molecular flexibility index (Phi) is 3.33. The number of esters is 1. The number of aromatic nitrogens is 1. The molecular formula is C10H11BrN2O2. The summed E-state index contributed by atoms with van der Waals surface area (Å²) in [6.07, 6.45) is 2.38. The number of nitrogens with one attached hydrogen (secondary N) is 1. The highest BCUT2D eigenvalue weighted by Gasteiger charge is 2.23. The Morgan fingerprint density at radius 1 is 1.60 bits per heavy atom. The monoisotopic (exact) mass is 270 g/mol. The molecule has 1 atom stereocenters. The van der Waals surface area contributed by atoms with Gasteiger partial charge in [-0.2, -0.15) is 0 Å². The molecule has 0 radical (unpaired) electrons. The molecule has 1 N–H and O–H groups in total. The van der Waals surface area contributed by atoms with Gasteiger partial charge in [0.05, 0.1) is 0 Å². The highest BCUT2D eigenvalue weighted by Crippen LogP contribution is 2.09. The Bertz CT molecular complexity index is 353. The average Bonchev–Trinajstić information content (AvgIpc) is 2.25. The van der Waals surface area contributed by atoms with Crippen molar-refractivity contribution in [2.75, 3.05) is 13.2 Å². The summed E-state index contributed by atoms with van der Waals surface area (Å²) in [5.74, 6) is -0.177. The van der Waals surface area contributed by atoms with Gasteiger partial charge in [0.2, 0.25) is 0 Å². The molecular weight excluding hydrogens is 260 g/mol. The van der Waals surface area contributed by atoms with Crippen LogP contribution in [0.15, 0.2) is 22.9 Å². The molecule has 5 heteroatoms. The molecule has 0 amide bonds. The van der Waals surface area contributed by atoms with Crippen LogP contribution in [0.25, 0.3) is 0 Å². The lowest BCUT2D eigenvalue weighted by molar-refractivity contribution is -0.149. The molecule has 0 saturated carbocycles. The van der Waals surface area contributed by atoms with Crippen LogP contribution in [0.2, 0.25) is 0 Å². The van der Waals surface area contributed by atoms with Crippen molar-refractivity contribution in [3.63, 3.8) is 0 Å². The first-order chi connectivity index (χ1) is 7.25. The fraction of sp³-hybridized carbons (Fsp3) is 0.400. The lowest BCUT2D eigenvalue weighted by Crippen LogP contribution is -2.46. The molecule has 2 heterocycles. The smallest absolute Gasteiger partial charge is 0.323 e. The van der Waals surface area contributed by atoms with Crippen LogP contribution in [-0.4, -0.2) is 30.1 Å². The van der Waals surface area contributed by atoms with Crippen molar-refractivity contribution in [1.29, 1.82) is 0 Å². The van der Waals surface area contributed by atoms with Crippen LogP contribution in [-0.2, 0) is 16.0 Å².